The lowest BCUT2D eigenvalue weighted by atomic mass is 10.2. The zero-order chi connectivity index (χ0) is 9.94. The van der Waals surface area contributed by atoms with E-state index >= 15 is 0 Å². The monoisotopic (exact) mass is 188 g/mol. The number of hydrogen-bond donors (Lipinski definition) is 2. The average molecular weight is 188 g/mol. The van der Waals surface area contributed by atoms with Crippen LogP contribution in [0.3, 0.4) is 0 Å². The summed E-state index contributed by atoms with van der Waals surface area (Å²) in [6.45, 7) is 2.48. The van der Waals surface area contributed by atoms with Gasteiger partial charge in [-0.2, -0.15) is 0 Å². The molecule has 0 atom stereocenters. The molecule has 0 aliphatic rings. The maximum absolute atomic E-state index is 10.3. The van der Waals surface area contributed by atoms with Crippen molar-refractivity contribution in [1.29, 1.82) is 0 Å². The number of methoxy groups -OCH3 is 1. The summed E-state index contributed by atoms with van der Waals surface area (Å²) in [6, 6.07) is 0. The molecular formula is C9H20N2O2. The lowest BCUT2D eigenvalue weighted by molar-refractivity contribution is -0.117. The molecule has 0 unspecified atom stereocenters. The van der Waals surface area contributed by atoms with Gasteiger partial charge in [-0.05, 0) is 25.8 Å². The Morgan fingerprint density at radius 2 is 2.08 bits per heavy atom. The van der Waals surface area contributed by atoms with Crippen LogP contribution in [-0.4, -0.2) is 32.7 Å². The molecule has 0 aliphatic carbocycles. The number of carbonyl (C=O) groups is 1. The second-order valence-electron chi connectivity index (χ2n) is 3.02. The average Bonchev–Trinajstić information content (AvgIpc) is 2.09. The summed E-state index contributed by atoms with van der Waals surface area (Å²) in [5.74, 6) is -0.244. The van der Waals surface area contributed by atoms with Crippen molar-refractivity contribution >= 4 is 5.91 Å². The molecule has 0 saturated heterocycles. The van der Waals surface area contributed by atoms with Crippen LogP contribution in [0.15, 0.2) is 0 Å². The predicted molar refractivity (Wildman–Crippen MR) is 52.4 cm³/mol. The lowest BCUT2D eigenvalue weighted by Gasteiger charge is -2.02. The van der Waals surface area contributed by atoms with Crippen molar-refractivity contribution in [1.82, 2.24) is 5.32 Å². The highest BCUT2D eigenvalue weighted by atomic mass is 16.5. The van der Waals surface area contributed by atoms with E-state index in [9.17, 15) is 4.79 Å². The van der Waals surface area contributed by atoms with Crippen molar-refractivity contribution in [2.45, 2.75) is 25.7 Å². The number of primary amides is 1. The number of unbranched alkanes of at least 4 members (excludes halogenated alkanes) is 2. The van der Waals surface area contributed by atoms with Crippen molar-refractivity contribution in [3.05, 3.63) is 0 Å². The van der Waals surface area contributed by atoms with Crippen LogP contribution in [0.5, 0.6) is 0 Å². The molecule has 0 saturated carbocycles. The molecule has 1 amide bonds. The Labute approximate surface area is 79.8 Å². The summed E-state index contributed by atoms with van der Waals surface area (Å²) in [7, 11) is 1.71. The fourth-order valence-corrected chi connectivity index (χ4v) is 1.01. The van der Waals surface area contributed by atoms with Crippen molar-refractivity contribution in [3.8, 4) is 0 Å². The van der Waals surface area contributed by atoms with Gasteiger partial charge in [0.25, 0.3) is 0 Å². The Balaban J connectivity index is 2.87. The van der Waals surface area contributed by atoms with Gasteiger partial charge in [0.15, 0.2) is 0 Å². The summed E-state index contributed by atoms with van der Waals surface area (Å²) < 4.78 is 4.92. The molecule has 0 spiro atoms. The van der Waals surface area contributed by atoms with Gasteiger partial charge in [0, 0.05) is 26.7 Å². The fraction of sp³-hybridized carbons (Fsp3) is 0.889. The van der Waals surface area contributed by atoms with Crippen LogP contribution >= 0.6 is 0 Å². The van der Waals surface area contributed by atoms with E-state index in [2.05, 4.69) is 5.32 Å². The number of ether oxygens (including phenoxy) is 1. The summed E-state index contributed by atoms with van der Waals surface area (Å²) in [5.41, 5.74) is 4.98. The van der Waals surface area contributed by atoms with Gasteiger partial charge in [0.05, 0.1) is 0 Å². The Kier molecular flexibility index (Phi) is 9.03. The van der Waals surface area contributed by atoms with Crippen molar-refractivity contribution in [2.24, 2.45) is 5.73 Å². The van der Waals surface area contributed by atoms with Gasteiger partial charge in [-0.15, -0.1) is 0 Å². The fourth-order valence-electron chi connectivity index (χ4n) is 1.01. The number of amides is 1. The molecule has 4 heteroatoms. The van der Waals surface area contributed by atoms with Gasteiger partial charge >= 0.3 is 0 Å². The molecule has 0 heterocycles. The van der Waals surface area contributed by atoms with Crippen LogP contribution in [0.2, 0.25) is 0 Å². The van der Waals surface area contributed by atoms with E-state index in [1.165, 1.54) is 0 Å². The van der Waals surface area contributed by atoms with Gasteiger partial charge in [-0.3, -0.25) is 4.79 Å². The van der Waals surface area contributed by atoms with E-state index in [1.807, 2.05) is 0 Å². The highest BCUT2D eigenvalue weighted by Gasteiger charge is 1.93. The Morgan fingerprint density at radius 1 is 1.31 bits per heavy atom. The van der Waals surface area contributed by atoms with Gasteiger partial charge < -0.3 is 15.8 Å². The van der Waals surface area contributed by atoms with Crippen LogP contribution in [0.4, 0.5) is 0 Å². The van der Waals surface area contributed by atoms with Gasteiger partial charge in [-0.25, -0.2) is 0 Å². The molecule has 0 fully saturated rings. The minimum atomic E-state index is -0.244. The quantitative estimate of drug-likeness (QED) is 0.510. The van der Waals surface area contributed by atoms with Crippen LogP contribution < -0.4 is 11.1 Å². The molecule has 0 aliphatic heterocycles. The van der Waals surface area contributed by atoms with Crippen LogP contribution in [0.25, 0.3) is 0 Å². The molecular weight excluding hydrogens is 168 g/mol. The SMILES string of the molecule is COCCCCCNCCC(N)=O. The number of nitrogens with one attached hydrogen (secondary N) is 1. The zero-order valence-corrected chi connectivity index (χ0v) is 8.34. The maximum atomic E-state index is 10.3. The Morgan fingerprint density at radius 3 is 2.69 bits per heavy atom. The molecule has 13 heavy (non-hydrogen) atoms. The minimum Gasteiger partial charge on any atom is -0.385 e. The van der Waals surface area contributed by atoms with E-state index in [-0.39, 0.29) is 5.91 Å². The van der Waals surface area contributed by atoms with Crippen molar-refractivity contribution in [3.63, 3.8) is 0 Å². The highest BCUT2D eigenvalue weighted by Crippen LogP contribution is 1.93. The summed E-state index contributed by atoms with van der Waals surface area (Å²) in [5, 5.41) is 3.15. The largest absolute Gasteiger partial charge is 0.385 e. The van der Waals surface area contributed by atoms with E-state index in [0.717, 1.165) is 32.4 Å². The van der Waals surface area contributed by atoms with E-state index in [0.29, 0.717) is 13.0 Å². The molecule has 4 nitrogen and oxygen atoms in total. The minimum absolute atomic E-state index is 0.244. The predicted octanol–water partition coefficient (Wildman–Crippen LogP) is 0.268. The van der Waals surface area contributed by atoms with Gasteiger partial charge in [-0.1, -0.05) is 0 Å². The second-order valence-corrected chi connectivity index (χ2v) is 3.02. The molecule has 0 bridgehead atoms. The van der Waals surface area contributed by atoms with Gasteiger partial charge in [0.2, 0.25) is 5.91 Å². The second kappa shape index (κ2) is 9.48. The highest BCUT2D eigenvalue weighted by molar-refractivity contribution is 5.73. The molecule has 0 rings (SSSR count). The first-order valence-corrected chi connectivity index (χ1v) is 4.75. The summed E-state index contributed by atoms with van der Waals surface area (Å²) in [6.07, 6.45) is 3.83. The number of nitrogens with two attached hydrogens (primary N) is 1. The van der Waals surface area contributed by atoms with Gasteiger partial charge in [0.1, 0.15) is 0 Å². The Bertz CT molecular complexity index is 129. The third kappa shape index (κ3) is 11.4. The van der Waals surface area contributed by atoms with E-state index in [1.54, 1.807) is 7.11 Å². The van der Waals surface area contributed by atoms with Crippen LogP contribution in [-0.2, 0) is 9.53 Å². The van der Waals surface area contributed by atoms with Crippen molar-refractivity contribution in [2.75, 3.05) is 26.8 Å². The first-order valence-electron chi connectivity index (χ1n) is 4.75. The number of rotatable bonds is 9. The lowest BCUT2D eigenvalue weighted by Crippen LogP contribution is -2.22. The number of carbonyl (C=O) groups excluding carboxylic acids is 1. The molecule has 78 valence electrons. The Hall–Kier alpha value is -0.610. The normalized spacial score (nSPS) is 10.2. The summed E-state index contributed by atoms with van der Waals surface area (Å²) >= 11 is 0. The molecule has 0 aromatic rings. The van der Waals surface area contributed by atoms with Crippen LogP contribution in [0, 0.1) is 0 Å². The topological polar surface area (TPSA) is 64.3 Å². The smallest absolute Gasteiger partial charge is 0.218 e. The number of hydrogen-bond acceptors (Lipinski definition) is 3. The first kappa shape index (κ1) is 12.4. The van der Waals surface area contributed by atoms with E-state index in [4.69, 9.17) is 10.5 Å². The third-order valence-electron chi connectivity index (χ3n) is 1.75. The standard InChI is InChI=1S/C9H20N2O2/c1-13-8-4-2-3-6-11-7-5-9(10)12/h11H,2-8H2,1H3,(H2,10,12). The van der Waals surface area contributed by atoms with Crippen LogP contribution in [0.1, 0.15) is 25.7 Å². The maximum Gasteiger partial charge on any atom is 0.218 e. The third-order valence-corrected chi connectivity index (χ3v) is 1.75. The summed E-state index contributed by atoms with van der Waals surface area (Å²) in [4.78, 5) is 10.3. The molecule has 0 aromatic heterocycles. The zero-order valence-electron chi connectivity index (χ0n) is 8.34. The van der Waals surface area contributed by atoms with Crippen molar-refractivity contribution < 1.29 is 9.53 Å². The first-order chi connectivity index (χ1) is 6.27. The molecule has 3 N–H and O–H groups in total. The molecule has 0 aromatic carbocycles. The van der Waals surface area contributed by atoms with E-state index < -0.39 is 0 Å². The molecule has 0 radical (unpaired) electrons.